The molecule has 3 aromatic rings. The highest BCUT2D eigenvalue weighted by Crippen LogP contribution is 2.25. The van der Waals surface area contributed by atoms with Gasteiger partial charge in [0.05, 0.1) is 24.0 Å². The number of hydrazone groups is 1. The van der Waals surface area contributed by atoms with Crippen LogP contribution in [0.1, 0.15) is 5.82 Å². The number of halogens is 2. The lowest BCUT2D eigenvalue weighted by Crippen LogP contribution is -1.92. The zero-order chi connectivity index (χ0) is 16.9. The van der Waals surface area contributed by atoms with Crippen LogP contribution in [0.25, 0.3) is 11.5 Å². The number of benzene rings is 2. The Bertz CT molecular complexity index is 863. The molecule has 0 fully saturated rings. The van der Waals surface area contributed by atoms with Crippen molar-refractivity contribution in [2.24, 2.45) is 5.10 Å². The molecule has 0 aliphatic rings. The van der Waals surface area contributed by atoms with Crippen LogP contribution in [0.3, 0.4) is 0 Å². The van der Waals surface area contributed by atoms with E-state index in [4.69, 9.17) is 32.5 Å². The van der Waals surface area contributed by atoms with Gasteiger partial charge >= 0.3 is 0 Å². The lowest BCUT2D eigenvalue weighted by atomic mass is 10.2. The van der Waals surface area contributed by atoms with Crippen LogP contribution in [0.15, 0.2) is 52.1 Å². The Labute approximate surface area is 148 Å². The van der Waals surface area contributed by atoms with Gasteiger partial charge in [0.2, 0.25) is 5.82 Å². The number of rotatable bonds is 5. The van der Waals surface area contributed by atoms with Crippen molar-refractivity contribution >= 4 is 35.1 Å². The van der Waals surface area contributed by atoms with Crippen molar-refractivity contribution in [3.05, 3.63) is 58.3 Å². The summed E-state index contributed by atoms with van der Waals surface area (Å²) in [6.45, 7) is 0. The highest BCUT2D eigenvalue weighted by atomic mass is 35.5. The van der Waals surface area contributed by atoms with Crippen molar-refractivity contribution in [1.29, 1.82) is 0 Å². The highest BCUT2D eigenvalue weighted by molar-refractivity contribution is 6.36. The molecule has 122 valence electrons. The minimum Gasteiger partial charge on any atom is -0.497 e. The van der Waals surface area contributed by atoms with E-state index in [1.807, 2.05) is 24.3 Å². The minimum atomic E-state index is 0.332. The SMILES string of the molecule is COc1ccc(-c2nc(C=NNc3ccc(Cl)cc3Cl)no2)cc1. The first-order chi connectivity index (χ1) is 11.7. The summed E-state index contributed by atoms with van der Waals surface area (Å²) < 4.78 is 10.3. The van der Waals surface area contributed by atoms with Crippen molar-refractivity contribution in [2.45, 2.75) is 0 Å². The van der Waals surface area contributed by atoms with E-state index in [9.17, 15) is 0 Å². The maximum absolute atomic E-state index is 6.04. The lowest BCUT2D eigenvalue weighted by Gasteiger charge is -2.02. The van der Waals surface area contributed by atoms with Crippen molar-refractivity contribution in [3.63, 3.8) is 0 Å². The number of anilines is 1. The zero-order valence-electron chi connectivity index (χ0n) is 12.5. The number of aromatic nitrogens is 2. The summed E-state index contributed by atoms with van der Waals surface area (Å²) in [5.41, 5.74) is 4.20. The van der Waals surface area contributed by atoms with E-state index >= 15 is 0 Å². The van der Waals surface area contributed by atoms with Crippen LogP contribution in [0.2, 0.25) is 10.0 Å². The molecule has 0 saturated carbocycles. The molecule has 8 heteroatoms. The monoisotopic (exact) mass is 362 g/mol. The maximum Gasteiger partial charge on any atom is 0.258 e. The molecule has 0 unspecified atom stereocenters. The molecule has 0 amide bonds. The number of ether oxygens (including phenoxy) is 1. The summed E-state index contributed by atoms with van der Waals surface area (Å²) in [5.74, 6) is 1.48. The summed E-state index contributed by atoms with van der Waals surface area (Å²) in [6.07, 6.45) is 1.43. The molecule has 0 atom stereocenters. The molecular formula is C16H12Cl2N4O2. The molecule has 1 N–H and O–H groups in total. The van der Waals surface area contributed by atoms with Gasteiger partial charge in [0.15, 0.2) is 0 Å². The van der Waals surface area contributed by atoms with Crippen LogP contribution in [-0.4, -0.2) is 23.5 Å². The van der Waals surface area contributed by atoms with E-state index in [0.717, 1.165) is 11.3 Å². The molecule has 2 aromatic carbocycles. The molecule has 1 heterocycles. The first-order valence-electron chi connectivity index (χ1n) is 6.88. The predicted molar refractivity (Wildman–Crippen MR) is 94.0 cm³/mol. The average Bonchev–Trinajstić information content (AvgIpc) is 3.06. The zero-order valence-corrected chi connectivity index (χ0v) is 14.0. The Morgan fingerprint density at radius 3 is 2.67 bits per heavy atom. The number of hydrogen-bond donors (Lipinski definition) is 1. The first-order valence-corrected chi connectivity index (χ1v) is 7.63. The van der Waals surface area contributed by atoms with Crippen molar-refractivity contribution in [3.8, 4) is 17.2 Å². The van der Waals surface area contributed by atoms with Gasteiger partial charge in [-0.25, -0.2) is 0 Å². The summed E-state index contributed by atoms with van der Waals surface area (Å²) in [5, 5.41) is 8.89. The quantitative estimate of drug-likeness (QED) is 0.534. The van der Waals surface area contributed by atoms with Gasteiger partial charge in [-0.05, 0) is 42.5 Å². The van der Waals surface area contributed by atoms with Gasteiger partial charge in [-0.15, -0.1) is 0 Å². The van der Waals surface area contributed by atoms with Crippen LogP contribution in [0, 0.1) is 0 Å². The fraction of sp³-hybridized carbons (Fsp3) is 0.0625. The summed E-state index contributed by atoms with van der Waals surface area (Å²) in [7, 11) is 1.61. The van der Waals surface area contributed by atoms with Gasteiger partial charge < -0.3 is 9.26 Å². The Hall–Kier alpha value is -2.57. The molecule has 3 rings (SSSR count). The fourth-order valence-corrected chi connectivity index (χ4v) is 2.33. The number of hydrogen-bond acceptors (Lipinski definition) is 6. The third-order valence-electron chi connectivity index (χ3n) is 3.07. The molecule has 0 bridgehead atoms. The van der Waals surface area contributed by atoms with E-state index in [1.54, 1.807) is 25.3 Å². The Morgan fingerprint density at radius 2 is 1.96 bits per heavy atom. The van der Waals surface area contributed by atoms with E-state index in [0.29, 0.717) is 27.4 Å². The molecule has 0 spiro atoms. The third-order valence-corrected chi connectivity index (χ3v) is 3.62. The fourth-order valence-electron chi connectivity index (χ4n) is 1.88. The number of methoxy groups -OCH3 is 1. The van der Waals surface area contributed by atoms with Crippen molar-refractivity contribution < 1.29 is 9.26 Å². The molecule has 6 nitrogen and oxygen atoms in total. The largest absolute Gasteiger partial charge is 0.497 e. The van der Waals surface area contributed by atoms with E-state index in [1.165, 1.54) is 6.21 Å². The van der Waals surface area contributed by atoms with E-state index in [2.05, 4.69) is 20.7 Å². The second-order valence-electron chi connectivity index (χ2n) is 4.68. The van der Waals surface area contributed by atoms with E-state index in [-0.39, 0.29) is 0 Å². The normalized spacial score (nSPS) is 11.0. The third kappa shape index (κ3) is 3.84. The topological polar surface area (TPSA) is 72.5 Å². The minimum absolute atomic E-state index is 0.332. The standard InChI is InChI=1S/C16H12Cl2N4O2/c1-23-12-5-2-10(3-6-12)16-20-15(22-24-16)9-19-21-14-7-4-11(17)8-13(14)18/h2-9,21H,1H3. The molecule has 0 aliphatic carbocycles. The summed E-state index contributed by atoms with van der Waals surface area (Å²) >= 11 is 11.9. The second kappa shape index (κ2) is 7.33. The van der Waals surface area contributed by atoms with Crippen LogP contribution >= 0.6 is 23.2 Å². The van der Waals surface area contributed by atoms with Gasteiger partial charge in [-0.2, -0.15) is 10.1 Å². The smallest absolute Gasteiger partial charge is 0.258 e. The van der Waals surface area contributed by atoms with Gasteiger partial charge in [0, 0.05) is 10.6 Å². The van der Waals surface area contributed by atoms with E-state index < -0.39 is 0 Å². The second-order valence-corrected chi connectivity index (χ2v) is 5.52. The van der Waals surface area contributed by atoms with Crippen LogP contribution < -0.4 is 10.2 Å². The average molecular weight is 363 g/mol. The highest BCUT2D eigenvalue weighted by Gasteiger charge is 2.07. The Kier molecular flexibility index (Phi) is 4.98. The lowest BCUT2D eigenvalue weighted by molar-refractivity contribution is 0.414. The molecule has 24 heavy (non-hydrogen) atoms. The van der Waals surface area contributed by atoms with Gasteiger partial charge in [0.25, 0.3) is 5.89 Å². The predicted octanol–water partition coefficient (Wildman–Crippen LogP) is 4.50. The van der Waals surface area contributed by atoms with Gasteiger partial charge in [0.1, 0.15) is 5.75 Å². The summed E-state index contributed by atoms with van der Waals surface area (Å²) in [4.78, 5) is 4.24. The first kappa shape index (κ1) is 16.3. The summed E-state index contributed by atoms with van der Waals surface area (Å²) in [6, 6.07) is 12.4. The molecule has 1 aromatic heterocycles. The Balaban J connectivity index is 1.68. The Morgan fingerprint density at radius 1 is 1.17 bits per heavy atom. The van der Waals surface area contributed by atoms with Crippen LogP contribution in [0.5, 0.6) is 5.75 Å². The molecular weight excluding hydrogens is 351 g/mol. The number of nitrogens with one attached hydrogen (secondary N) is 1. The van der Waals surface area contributed by atoms with Gasteiger partial charge in [-0.1, -0.05) is 28.4 Å². The van der Waals surface area contributed by atoms with Crippen LogP contribution in [-0.2, 0) is 0 Å². The molecule has 0 radical (unpaired) electrons. The number of nitrogens with zero attached hydrogens (tertiary/aromatic N) is 3. The van der Waals surface area contributed by atoms with Crippen molar-refractivity contribution in [1.82, 2.24) is 10.1 Å². The van der Waals surface area contributed by atoms with Gasteiger partial charge in [-0.3, -0.25) is 5.43 Å². The maximum atomic E-state index is 6.04. The van der Waals surface area contributed by atoms with Crippen molar-refractivity contribution in [2.75, 3.05) is 12.5 Å². The molecule has 0 aliphatic heterocycles. The molecule has 0 saturated heterocycles. The van der Waals surface area contributed by atoms with Crippen LogP contribution in [0.4, 0.5) is 5.69 Å².